The maximum absolute atomic E-state index is 12.1. The summed E-state index contributed by atoms with van der Waals surface area (Å²) in [5.74, 6) is 2.29. The number of benzene rings is 1. The third-order valence-electron chi connectivity index (χ3n) is 3.43. The highest BCUT2D eigenvalue weighted by Gasteiger charge is 2.17. The van der Waals surface area contributed by atoms with Crippen LogP contribution in [-0.2, 0) is 11.2 Å². The first kappa shape index (κ1) is 14.4. The number of thioether (sulfide) groups is 1. The molecule has 1 heterocycles. The van der Waals surface area contributed by atoms with Gasteiger partial charge in [-0.25, -0.2) is 0 Å². The van der Waals surface area contributed by atoms with Crippen molar-refractivity contribution in [2.45, 2.75) is 32.7 Å². The Bertz CT molecular complexity index is 442. The van der Waals surface area contributed by atoms with Crippen LogP contribution in [0.5, 0.6) is 0 Å². The average molecular weight is 278 g/mol. The van der Waals surface area contributed by atoms with Crippen LogP contribution in [0.4, 0.5) is 5.69 Å². The average Bonchev–Trinajstić information content (AvgIpc) is 2.42. The van der Waals surface area contributed by atoms with Gasteiger partial charge in [0.2, 0.25) is 5.91 Å². The molecule has 0 bridgehead atoms. The van der Waals surface area contributed by atoms with E-state index in [0.717, 1.165) is 35.7 Å². The number of aryl methyl sites for hydroxylation is 2. The number of nitrogens with one attached hydrogen (secondary N) is 2. The number of rotatable bonds is 4. The fourth-order valence-corrected chi connectivity index (χ4v) is 3.32. The molecule has 1 aliphatic rings. The largest absolute Gasteiger partial charge is 0.326 e. The molecule has 4 heteroatoms. The molecule has 104 valence electrons. The number of para-hydroxylation sites is 1. The fourth-order valence-electron chi connectivity index (χ4n) is 2.37. The molecule has 1 aliphatic heterocycles. The lowest BCUT2D eigenvalue weighted by Crippen LogP contribution is -2.40. The summed E-state index contributed by atoms with van der Waals surface area (Å²) in [7, 11) is 0. The Morgan fingerprint density at radius 2 is 2.37 bits per heavy atom. The monoisotopic (exact) mass is 278 g/mol. The summed E-state index contributed by atoms with van der Waals surface area (Å²) in [5, 5.41) is 6.49. The Hall–Kier alpha value is -1.000. The van der Waals surface area contributed by atoms with E-state index >= 15 is 0 Å². The molecule has 0 spiro atoms. The molecule has 1 atom stereocenters. The number of anilines is 1. The van der Waals surface area contributed by atoms with Gasteiger partial charge >= 0.3 is 0 Å². The predicted octanol–water partition coefficient (Wildman–Crippen LogP) is 2.59. The van der Waals surface area contributed by atoms with Crippen molar-refractivity contribution in [1.82, 2.24) is 5.32 Å². The zero-order valence-electron chi connectivity index (χ0n) is 11.7. The predicted molar refractivity (Wildman–Crippen MR) is 82.9 cm³/mol. The summed E-state index contributed by atoms with van der Waals surface area (Å²) >= 11 is 1.92. The number of carbonyl (C=O) groups excluding carboxylic acids is 1. The molecule has 2 N–H and O–H groups in total. The van der Waals surface area contributed by atoms with Crippen molar-refractivity contribution in [2.24, 2.45) is 0 Å². The highest BCUT2D eigenvalue weighted by Crippen LogP contribution is 2.21. The molecular weight excluding hydrogens is 256 g/mol. The van der Waals surface area contributed by atoms with Gasteiger partial charge < -0.3 is 10.6 Å². The van der Waals surface area contributed by atoms with Gasteiger partial charge in [-0.1, -0.05) is 25.1 Å². The van der Waals surface area contributed by atoms with E-state index in [1.807, 2.05) is 30.8 Å². The van der Waals surface area contributed by atoms with Crippen molar-refractivity contribution in [2.75, 3.05) is 23.4 Å². The zero-order valence-corrected chi connectivity index (χ0v) is 12.5. The minimum Gasteiger partial charge on any atom is -0.326 e. The number of hydrogen-bond acceptors (Lipinski definition) is 3. The van der Waals surface area contributed by atoms with Gasteiger partial charge in [-0.2, -0.15) is 11.8 Å². The van der Waals surface area contributed by atoms with Crippen LogP contribution in [0.3, 0.4) is 0 Å². The lowest BCUT2D eigenvalue weighted by molar-refractivity contribution is -0.116. The molecule has 1 amide bonds. The first-order valence-corrected chi connectivity index (χ1v) is 8.05. The van der Waals surface area contributed by atoms with E-state index in [4.69, 9.17) is 0 Å². The fraction of sp³-hybridized carbons (Fsp3) is 0.533. The van der Waals surface area contributed by atoms with E-state index in [9.17, 15) is 4.79 Å². The number of carbonyl (C=O) groups is 1. The topological polar surface area (TPSA) is 41.1 Å². The molecule has 19 heavy (non-hydrogen) atoms. The lowest BCUT2D eigenvalue weighted by Gasteiger charge is -2.23. The maximum atomic E-state index is 12.1. The van der Waals surface area contributed by atoms with Gasteiger partial charge in [0, 0.05) is 36.2 Å². The van der Waals surface area contributed by atoms with Crippen molar-refractivity contribution < 1.29 is 4.79 Å². The van der Waals surface area contributed by atoms with Gasteiger partial charge in [-0.15, -0.1) is 0 Å². The smallest absolute Gasteiger partial charge is 0.225 e. The van der Waals surface area contributed by atoms with Crippen LogP contribution < -0.4 is 10.6 Å². The van der Waals surface area contributed by atoms with E-state index in [0.29, 0.717) is 12.5 Å². The molecule has 2 rings (SSSR count). The van der Waals surface area contributed by atoms with E-state index in [1.54, 1.807) is 0 Å². The molecule has 1 fully saturated rings. The van der Waals surface area contributed by atoms with Crippen molar-refractivity contribution in [3.05, 3.63) is 29.3 Å². The Morgan fingerprint density at radius 1 is 1.53 bits per heavy atom. The standard InChI is InChI=1S/C15H22N2OS/c1-3-12-6-4-5-11(2)15(12)17-14(18)9-13-10-19-8-7-16-13/h4-6,13,16H,3,7-10H2,1-2H3,(H,17,18). The van der Waals surface area contributed by atoms with Gasteiger partial charge in [-0.05, 0) is 24.5 Å². The van der Waals surface area contributed by atoms with Gasteiger partial charge in [0.25, 0.3) is 0 Å². The van der Waals surface area contributed by atoms with Gasteiger partial charge in [0.1, 0.15) is 0 Å². The molecule has 3 nitrogen and oxygen atoms in total. The van der Waals surface area contributed by atoms with Gasteiger partial charge in [0.05, 0.1) is 0 Å². The van der Waals surface area contributed by atoms with Crippen molar-refractivity contribution in [3.8, 4) is 0 Å². The second-order valence-electron chi connectivity index (χ2n) is 4.94. The molecule has 1 unspecified atom stereocenters. The molecule has 0 radical (unpaired) electrons. The summed E-state index contributed by atoms with van der Waals surface area (Å²) in [4.78, 5) is 12.1. The van der Waals surface area contributed by atoms with Gasteiger partial charge in [-0.3, -0.25) is 4.79 Å². The van der Waals surface area contributed by atoms with Crippen LogP contribution in [0.25, 0.3) is 0 Å². The molecular formula is C15H22N2OS. The summed E-state index contributed by atoms with van der Waals surface area (Å²) in [6.45, 7) is 5.17. The second kappa shape index (κ2) is 6.96. The highest BCUT2D eigenvalue weighted by atomic mass is 32.2. The first-order valence-electron chi connectivity index (χ1n) is 6.90. The summed E-state index contributed by atoms with van der Waals surface area (Å²) in [5.41, 5.74) is 3.34. The van der Waals surface area contributed by atoms with Crippen LogP contribution >= 0.6 is 11.8 Å². The van der Waals surface area contributed by atoms with Crippen LogP contribution in [0.15, 0.2) is 18.2 Å². The summed E-state index contributed by atoms with van der Waals surface area (Å²) in [6, 6.07) is 6.48. The Balaban J connectivity index is 1.98. The van der Waals surface area contributed by atoms with Crippen LogP contribution in [0.2, 0.25) is 0 Å². The van der Waals surface area contributed by atoms with E-state index in [1.165, 1.54) is 5.56 Å². The molecule has 1 saturated heterocycles. The van der Waals surface area contributed by atoms with Gasteiger partial charge in [0.15, 0.2) is 0 Å². The molecule has 1 aromatic carbocycles. The second-order valence-corrected chi connectivity index (χ2v) is 6.09. The minimum absolute atomic E-state index is 0.115. The zero-order chi connectivity index (χ0) is 13.7. The van der Waals surface area contributed by atoms with Crippen LogP contribution in [0, 0.1) is 6.92 Å². The quantitative estimate of drug-likeness (QED) is 0.889. The van der Waals surface area contributed by atoms with Crippen molar-refractivity contribution in [1.29, 1.82) is 0 Å². The number of hydrogen-bond donors (Lipinski definition) is 2. The Morgan fingerprint density at radius 3 is 3.05 bits per heavy atom. The third-order valence-corrected chi connectivity index (χ3v) is 4.57. The van der Waals surface area contributed by atoms with E-state index in [-0.39, 0.29) is 5.91 Å². The summed E-state index contributed by atoms with van der Waals surface area (Å²) in [6.07, 6.45) is 1.50. The molecule has 0 aromatic heterocycles. The van der Waals surface area contributed by atoms with Crippen molar-refractivity contribution in [3.63, 3.8) is 0 Å². The Labute approximate surface area is 119 Å². The normalized spacial score (nSPS) is 19.2. The number of amides is 1. The minimum atomic E-state index is 0.115. The van der Waals surface area contributed by atoms with Crippen LogP contribution in [0.1, 0.15) is 24.5 Å². The summed E-state index contributed by atoms with van der Waals surface area (Å²) < 4.78 is 0. The SMILES string of the molecule is CCc1cccc(C)c1NC(=O)CC1CSCCN1. The third kappa shape index (κ3) is 3.98. The van der Waals surface area contributed by atoms with Crippen LogP contribution in [-0.4, -0.2) is 30.0 Å². The molecule has 0 aliphatic carbocycles. The van der Waals surface area contributed by atoms with Crippen molar-refractivity contribution >= 4 is 23.4 Å². The lowest BCUT2D eigenvalue weighted by atomic mass is 10.1. The maximum Gasteiger partial charge on any atom is 0.225 e. The molecule has 1 aromatic rings. The Kier molecular flexibility index (Phi) is 5.28. The molecule has 0 saturated carbocycles. The van der Waals surface area contributed by atoms with E-state index < -0.39 is 0 Å². The highest BCUT2D eigenvalue weighted by molar-refractivity contribution is 7.99. The van der Waals surface area contributed by atoms with E-state index in [2.05, 4.69) is 23.6 Å². The first-order chi connectivity index (χ1) is 9.20.